The SMILES string of the molecule is Cc1ccc(-c2c(C)nn(C)c2C)cc1NC(=O)c1ccc(OCc2ccccn2)cc1. The van der Waals surface area contributed by atoms with Crippen LogP contribution in [0.4, 0.5) is 5.69 Å². The van der Waals surface area contributed by atoms with Gasteiger partial charge in [-0.15, -0.1) is 0 Å². The Morgan fingerprint density at radius 2 is 1.81 bits per heavy atom. The number of nitrogens with zero attached hydrogens (tertiary/aromatic N) is 3. The number of amides is 1. The molecule has 4 rings (SSSR count). The number of hydrogen-bond donors (Lipinski definition) is 1. The highest BCUT2D eigenvalue weighted by molar-refractivity contribution is 6.05. The van der Waals surface area contributed by atoms with Crippen molar-refractivity contribution in [1.29, 1.82) is 0 Å². The standard InChI is InChI=1S/C26H26N4O2/c1-17-8-9-21(25-18(2)29-30(4)19(25)3)15-24(17)28-26(31)20-10-12-23(13-11-20)32-16-22-7-5-6-14-27-22/h5-15H,16H2,1-4H3,(H,28,31). The van der Waals surface area contributed by atoms with Crippen LogP contribution in [0.2, 0.25) is 0 Å². The zero-order chi connectivity index (χ0) is 22.7. The van der Waals surface area contributed by atoms with Gasteiger partial charge < -0.3 is 10.1 Å². The molecule has 1 N–H and O–H groups in total. The number of carbonyl (C=O) groups is 1. The molecule has 0 spiro atoms. The third-order valence-corrected chi connectivity index (χ3v) is 5.51. The van der Waals surface area contributed by atoms with Crippen molar-refractivity contribution in [1.82, 2.24) is 14.8 Å². The molecular formula is C26H26N4O2. The maximum Gasteiger partial charge on any atom is 0.255 e. The number of anilines is 1. The first-order chi connectivity index (χ1) is 15.4. The lowest BCUT2D eigenvalue weighted by Crippen LogP contribution is -2.12. The first-order valence-electron chi connectivity index (χ1n) is 10.5. The summed E-state index contributed by atoms with van der Waals surface area (Å²) in [6.07, 6.45) is 1.74. The summed E-state index contributed by atoms with van der Waals surface area (Å²) in [6.45, 7) is 6.41. The fourth-order valence-electron chi connectivity index (χ4n) is 3.64. The lowest BCUT2D eigenvalue weighted by atomic mass is 10.0. The van der Waals surface area contributed by atoms with Crippen molar-refractivity contribution in [3.8, 4) is 16.9 Å². The maximum atomic E-state index is 12.9. The molecule has 0 bridgehead atoms. The molecule has 0 aliphatic rings. The average molecular weight is 427 g/mol. The second kappa shape index (κ2) is 9.06. The van der Waals surface area contributed by atoms with E-state index in [1.54, 1.807) is 30.5 Å². The summed E-state index contributed by atoms with van der Waals surface area (Å²) in [5.74, 6) is 0.522. The van der Waals surface area contributed by atoms with Crippen molar-refractivity contribution in [2.24, 2.45) is 7.05 Å². The van der Waals surface area contributed by atoms with Gasteiger partial charge >= 0.3 is 0 Å². The van der Waals surface area contributed by atoms with E-state index in [-0.39, 0.29) is 5.91 Å². The van der Waals surface area contributed by atoms with Crippen LogP contribution in [0, 0.1) is 20.8 Å². The quantitative estimate of drug-likeness (QED) is 0.458. The van der Waals surface area contributed by atoms with Crippen molar-refractivity contribution in [2.45, 2.75) is 27.4 Å². The molecule has 2 aromatic carbocycles. The normalized spacial score (nSPS) is 10.8. The van der Waals surface area contributed by atoms with Crippen LogP contribution in [0.15, 0.2) is 66.9 Å². The fourth-order valence-corrected chi connectivity index (χ4v) is 3.64. The van der Waals surface area contributed by atoms with E-state index < -0.39 is 0 Å². The van der Waals surface area contributed by atoms with Gasteiger partial charge in [-0.05, 0) is 74.4 Å². The summed E-state index contributed by atoms with van der Waals surface area (Å²) < 4.78 is 7.63. The number of aryl methyl sites for hydroxylation is 3. The van der Waals surface area contributed by atoms with Crippen molar-refractivity contribution >= 4 is 11.6 Å². The molecule has 2 heterocycles. The van der Waals surface area contributed by atoms with Crippen LogP contribution in [0.1, 0.15) is 33.0 Å². The van der Waals surface area contributed by atoms with E-state index >= 15 is 0 Å². The summed E-state index contributed by atoms with van der Waals surface area (Å²) in [5.41, 5.74) is 7.38. The monoisotopic (exact) mass is 426 g/mol. The number of benzene rings is 2. The van der Waals surface area contributed by atoms with Gasteiger partial charge in [0.1, 0.15) is 12.4 Å². The molecule has 0 fully saturated rings. The highest BCUT2D eigenvalue weighted by atomic mass is 16.5. The third-order valence-electron chi connectivity index (χ3n) is 5.51. The van der Waals surface area contributed by atoms with Crippen LogP contribution in [0.5, 0.6) is 5.75 Å². The zero-order valence-corrected chi connectivity index (χ0v) is 18.7. The van der Waals surface area contributed by atoms with Gasteiger partial charge in [0.2, 0.25) is 0 Å². The fraction of sp³-hybridized carbons (Fsp3) is 0.192. The highest BCUT2D eigenvalue weighted by Crippen LogP contribution is 2.30. The average Bonchev–Trinajstić information content (AvgIpc) is 3.06. The minimum atomic E-state index is -0.166. The van der Waals surface area contributed by atoms with Gasteiger partial charge in [0.25, 0.3) is 5.91 Å². The van der Waals surface area contributed by atoms with Crippen LogP contribution in [-0.2, 0) is 13.7 Å². The predicted molar refractivity (Wildman–Crippen MR) is 126 cm³/mol. The van der Waals surface area contributed by atoms with Crippen LogP contribution in [-0.4, -0.2) is 20.7 Å². The van der Waals surface area contributed by atoms with E-state index in [4.69, 9.17) is 4.74 Å². The second-order valence-corrected chi connectivity index (χ2v) is 7.79. The molecule has 0 atom stereocenters. The Balaban J connectivity index is 1.48. The third kappa shape index (κ3) is 4.54. The minimum absolute atomic E-state index is 0.166. The molecule has 0 unspecified atom stereocenters. The summed E-state index contributed by atoms with van der Waals surface area (Å²) in [5, 5.41) is 7.55. The van der Waals surface area contributed by atoms with E-state index in [1.165, 1.54) is 0 Å². The number of rotatable bonds is 6. The second-order valence-electron chi connectivity index (χ2n) is 7.79. The Hall–Kier alpha value is -3.93. The van der Waals surface area contributed by atoms with Gasteiger partial charge in [-0.1, -0.05) is 18.2 Å². The number of carbonyl (C=O) groups excluding carboxylic acids is 1. The Morgan fingerprint density at radius 1 is 1.03 bits per heavy atom. The van der Waals surface area contributed by atoms with Crippen LogP contribution in [0.3, 0.4) is 0 Å². The molecule has 32 heavy (non-hydrogen) atoms. The number of nitrogens with one attached hydrogen (secondary N) is 1. The highest BCUT2D eigenvalue weighted by Gasteiger charge is 2.14. The van der Waals surface area contributed by atoms with Crippen molar-refractivity contribution in [3.05, 3.63) is 95.1 Å². The van der Waals surface area contributed by atoms with Crippen LogP contribution >= 0.6 is 0 Å². The molecule has 4 aromatic rings. The molecule has 0 radical (unpaired) electrons. The smallest absolute Gasteiger partial charge is 0.255 e. The van der Waals surface area contributed by atoms with Crippen molar-refractivity contribution in [2.75, 3.05) is 5.32 Å². The molecule has 0 saturated heterocycles. The van der Waals surface area contributed by atoms with Crippen molar-refractivity contribution in [3.63, 3.8) is 0 Å². The Kier molecular flexibility index (Phi) is 6.03. The van der Waals surface area contributed by atoms with E-state index in [0.29, 0.717) is 17.9 Å². The van der Waals surface area contributed by atoms with Crippen LogP contribution in [0.25, 0.3) is 11.1 Å². The van der Waals surface area contributed by atoms with Gasteiger partial charge in [0.15, 0.2) is 0 Å². The zero-order valence-electron chi connectivity index (χ0n) is 18.7. The van der Waals surface area contributed by atoms with E-state index in [1.807, 2.05) is 62.8 Å². The largest absolute Gasteiger partial charge is 0.487 e. The molecule has 0 aliphatic heterocycles. The molecule has 1 amide bonds. The number of pyridine rings is 1. The lowest BCUT2D eigenvalue weighted by Gasteiger charge is -2.12. The Morgan fingerprint density at radius 3 is 2.47 bits per heavy atom. The number of aromatic nitrogens is 3. The molecule has 6 nitrogen and oxygen atoms in total. The summed E-state index contributed by atoms with van der Waals surface area (Å²) in [4.78, 5) is 17.1. The van der Waals surface area contributed by atoms with E-state index in [0.717, 1.165) is 39.5 Å². The van der Waals surface area contributed by atoms with Crippen LogP contribution < -0.4 is 10.1 Å². The number of ether oxygens (including phenoxy) is 1. The van der Waals surface area contributed by atoms with Gasteiger partial charge in [-0.2, -0.15) is 5.10 Å². The van der Waals surface area contributed by atoms with Gasteiger partial charge in [-0.25, -0.2) is 0 Å². The lowest BCUT2D eigenvalue weighted by molar-refractivity contribution is 0.102. The molecule has 0 saturated carbocycles. The topological polar surface area (TPSA) is 69.0 Å². The van der Waals surface area contributed by atoms with Gasteiger partial charge in [0.05, 0.1) is 11.4 Å². The summed E-state index contributed by atoms with van der Waals surface area (Å²) in [7, 11) is 1.94. The first kappa shape index (κ1) is 21.3. The number of hydrogen-bond acceptors (Lipinski definition) is 4. The Bertz CT molecular complexity index is 1250. The minimum Gasteiger partial charge on any atom is -0.487 e. The van der Waals surface area contributed by atoms with Gasteiger partial charge in [0, 0.05) is 35.8 Å². The predicted octanol–water partition coefficient (Wildman–Crippen LogP) is 5.24. The van der Waals surface area contributed by atoms with Crippen molar-refractivity contribution < 1.29 is 9.53 Å². The van der Waals surface area contributed by atoms with E-state index in [2.05, 4.69) is 21.5 Å². The summed E-state index contributed by atoms with van der Waals surface area (Å²) in [6, 6.07) is 18.9. The molecular weight excluding hydrogens is 400 g/mol. The Labute approximate surface area is 187 Å². The molecule has 162 valence electrons. The molecule has 6 heteroatoms. The van der Waals surface area contributed by atoms with Gasteiger partial charge in [-0.3, -0.25) is 14.5 Å². The van der Waals surface area contributed by atoms with E-state index in [9.17, 15) is 4.79 Å². The molecule has 0 aliphatic carbocycles. The molecule has 2 aromatic heterocycles. The summed E-state index contributed by atoms with van der Waals surface area (Å²) >= 11 is 0. The maximum absolute atomic E-state index is 12.9. The first-order valence-corrected chi connectivity index (χ1v) is 10.5.